The Bertz CT molecular complexity index is 271. The third-order valence-corrected chi connectivity index (χ3v) is 2.22. The van der Waals surface area contributed by atoms with Gasteiger partial charge in [-0.2, -0.15) is 0 Å². The van der Waals surface area contributed by atoms with Gasteiger partial charge in [0.05, 0.1) is 13.3 Å². The fraction of sp³-hybridized carbons (Fsp3) is 0.444. The summed E-state index contributed by atoms with van der Waals surface area (Å²) in [6, 6.07) is 2.05. The Balaban J connectivity index is 2.19. The van der Waals surface area contributed by atoms with Gasteiger partial charge in [0.25, 0.3) is 0 Å². The molecule has 0 saturated carbocycles. The molecule has 3 heteroatoms. The summed E-state index contributed by atoms with van der Waals surface area (Å²) < 4.78 is 5.09. The highest BCUT2D eigenvalue weighted by atomic mass is 16.5. The second kappa shape index (κ2) is 3.11. The average molecular weight is 164 g/mol. The number of nitrogens with one attached hydrogen (secondary N) is 1. The van der Waals surface area contributed by atoms with Crippen molar-refractivity contribution < 1.29 is 4.74 Å². The molecule has 1 aromatic heterocycles. The summed E-state index contributed by atoms with van der Waals surface area (Å²) >= 11 is 0. The van der Waals surface area contributed by atoms with Crippen molar-refractivity contribution in [2.24, 2.45) is 0 Å². The van der Waals surface area contributed by atoms with E-state index in [-0.39, 0.29) is 0 Å². The average Bonchev–Trinajstić information content (AvgIpc) is 2.02. The first-order chi connectivity index (χ1) is 5.90. The second-order valence-corrected chi connectivity index (χ2v) is 3.01. The normalized spacial score (nSPS) is 17.1. The molecule has 2 heterocycles. The van der Waals surface area contributed by atoms with Gasteiger partial charge in [-0.25, -0.2) is 0 Å². The molecule has 0 bridgehead atoms. The van der Waals surface area contributed by atoms with Crippen LogP contribution in [0.25, 0.3) is 0 Å². The van der Waals surface area contributed by atoms with E-state index >= 15 is 0 Å². The van der Waals surface area contributed by atoms with Gasteiger partial charge < -0.3 is 10.1 Å². The molecule has 0 radical (unpaired) electrons. The number of ether oxygens (including phenoxy) is 1. The molecule has 1 saturated heterocycles. The van der Waals surface area contributed by atoms with Crippen molar-refractivity contribution in [2.45, 2.75) is 5.92 Å². The van der Waals surface area contributed by atoms with Crippen molar-refractivity contribution in [2.75, 3.05) is 20.2 Å². The molecule has 1 aliphatic rings. The molecule has 64 valence electrons. The van der Waals surface area contributed by atoms with Crippen LogP contribution in [0.1, 0.15) is 11.5 Å². The molecule has 0 unspecified atom stereocenters. The van der Waals surface area contributed by atoms with Crippen molar-refractivity contribution >= 4 is 0 Å². The number of rotatable bonds is 2. The summed E-state index contributed by atoms with van der Waals surface area (Å²) in [5.41, 5.74) is 1.27. The van der Waals surface area contributed by atoms with Gasteiger partial charge in [-0.3, -0.25) is 4.98 Å². The molecule has 0 atom stereocenters. The van der Waals surface area contributed by atoms with Crippen LogP contribution in [-0.2, 0) is 0 Å². The summed E-state index contributed by atoms with van der Waals surface area (Å²) in [6.07, 6.45) is 3.64. The highest BCUT2D eigenvalue weighted by Crippen LogP contribution is 2.21. The molecule has 12 heavy (non-hydrogen) atoms. The molecule has 0 amide bonds. The Kier molecular flexibility index (Phi) is 1.96. The predicted octanol–water partition coefficient (Wildman–Crippen LogP) is 0.777. The highest BCUT2D eigenvalue weighted by Gasteiger charge is 2.19. The summed E-state index contributed by atoms with van der Waals surface area (Å²) in [4.78, 5) is 4.11. The van der Waals surface area contributed by atoms with E-state index in [0.29, 0.717) is 5.92 Å². The Labute approximate surface area is 71.8 Å². The molecule has 3 nitrogen and oxygen atoms in total. The maximum absolute atomic E-state index is 5.09. The summed E-state index contributed by atoms with van der Waals surface area (Å²) in [5.74, 6) is 1.48. The van der Waals surface area contributed by atoms with Crippen molar-refractivity contribution in [1.29, 1.82) is 0 Å². The molecular formula is C9H12N2O. The van der Waals surface area contributed by atoms with Gasteiger partial charge in [-0.1, -0.05) is 0 Å². The maximum atomic E-state index is 5.09. The van der Waals surface area contributed by atoms with E-state index in [4.69, 9.17) is 4.74 Å². The fourth-order valence-corrected chi connectivity index (χ4v) is 1.29. The Morgan fingerprint density at radius 2 is 2.33 bits per heavy atom. The molecule has 1 aliphatic heterocycles. The smallest absolute Gasteiger partial charge is 0.137 e. The molecule has 2 rings (SSSR count). The van der Waals surface area contributed by atoms with E-state index in [1.54, 1.807) is 13.3 Å². The minimum Gasteiger partial charge on any atom is -0.495 e. The van der Waals surface area contributed by atoms with E-state index in [1.165, 1.54) is 5.56 Å². The van der Waals surface area contributed by atoms with Crippen LogP contribution in [0.2, 0.25) is 0 Å². The summed E-state index contributed by atoms with van der Waals surface area (Å²) in [6.45, 7) is 2.13. The van der Waals surface area contributed by atoms with Crippen LogP contribution in [0.3, 0.4) is 0 Å². The van der Waals surface area contributed by atoms with E-state index in [1.807, 2.05) is 6.20 Å². The molecule has 1 aromatic rings. The third kappa shape index (κ3) is 1.28. The van der Waals surface area contributed by atoms with Crippen LogP contribution >= 0.6 is 0 Å². The lowest BCUT2D eigenvalue weighted by Gasteiger charge is -2.27. The first-order valence-electron chi connectivity index (χ1n) is 4.10. The zero-order chi connectivity index (χ0) is 8.39. The minimum absolute atomic E-state index is 0.632. The number of methoxy groups -OCH3 is 1. The Morgan fingerprint density at radius 3 is 2.92 bits per heavy atom. The van der Waals surface area contributed by atoms with Gasteiger partial charge in [0, 0.05) is 25.2 Å². The van der Waals surface area contributed by atoms with Crippen LogP contribution in [0.15, 0.2) is 18.5 Å². The SMILES string of the molecule is COc1cncc(C2CNC2)c1. The van der Waals surface area contributed by atoms with Gasteiger partial charge >= 0.3 is 0 Å². The lowest BCUT2D eigenvalue weighted by Crippen LogP contribution is -2.39. The highest BCUT2D eigenvalue weighted by molar-refractivity contribution is 5.28. The fourth-order valence-electron chi connectivity index (χ4n) is 1.29. The van der Waals surface area contributed by atoms with Gasteiger partial charge in [-0.05, 0) is 11.6 Å². The van der Waals surface area contributed by atoms with E-state index in [0.717, 1.165) is 18.8 Å². The van der Waals surface area contributed by atoms with Gasteiger partial charge in [-0.15, -0.1) is 0 Å². The molecule has 1 N–H and O–H groups in total. The zero-order valence-corrected chi connectivity index (χ0v) is 7.08. The molecular weight excluding hydrogens is 152 g/mol. The van der Waals surface area contributed by atoms with Gasteiger partial charge in [0.15, 0.2) is 0 Å². The largest absolute Gasteiger partial charge is 0.495 e. The Morgan fingerprint density at radius 1 is 1.50 bits per heavy atom. The van der Waals surface area contributed by atoms with Gasteiger partial charge in [0.2, 0.25) is 0 Å². The molecule has 1 fully saturated rings. The molecule has 0 spiro atoms. The third-order valence-electron chi connectivity index (χ3n) is 2.22. The standard InChI is InChI=1S/C9H12N2O/c1-12-9-2-7(3-11-6-9)8-4-10-5-8/h2-3,6,8,10H,4-5H2,1H3. The molecule has 0 aromatic carbocycles. The van der Waals surface area contributed by atoms with Crippen LogP contribution in [-0.4, -0.2) is 25.2 Å². The quantitative estimate of drug-likeness (QED) is 0.701. The van der Waals surface area contributed by atoms with Gasteiger partial charge in [0.1, 0.15) is 5.75 Å². The van der Waals surface area contributed by atoms with Crippen LogP contribution in [0, 0.1) is 0 Å². The van der Waals surface area contributed by atoms with Crippen LogP contribution in [0.5, 0.6) is 5.75 Å². The molecule has 0 aliphatic carbocycles. The predicted molar refractivity (Wildman–Crippen MR) is 46.4 cm³/mol. The topological polar surface area (TPSA) is 34.1 Å². The zero-order valence-electron chi connectivity index (χ0n) is 7.08. The van der Waals surface area contributed by atoms with Crippen molar-refractivity contribution in [1.82, 2.24) is 10.3 Å². The number of hydrogen-bond acceptors (Lipinski definition) is 3. The summed E-state index contributed by atoms with van der Waals surface area (Å²) in [7, 11) is 1.67. The monoisotopic (exact) mass is 164 g/mol. The number of aromatic nitrogens is 1. The van der Waals surface area contributed by atoms with E-state index in [9.17, 15) is 0 Å². The lowest BCUT2D eigenvalue weighted by molar-refractivity contribution is 0.407. The Hall–Kier alpha value is -1.09. The maximum Gasteiger partial charge on any atom is 0.137 e. The lowest BCUT2D eigenvalue weighted by atomic mass is 9.95. The first-order valence-corrected chi connectivity index (χ1v) is 4.10. The van der Waals surface area contributed by atoms with Crippen molar-refractivity contribution in [3.63, 3.8) is 0 Å². The van der Waals surface area contributed by atoms with E-state index in [2.05, 4.69) is 16.4 Å². The van der Waals surface area contributed by atoms with Crippen molar-refractivity contribution in [3.8, 4) is 5.75 Å². The number of nitrogens with zero attached hydrogens (tertiary/aromatic N) is 1. The second-order valence-electron chi connectivity index (χ2n) is 3.01. The minimum atomic E-state index is 0.632. The summed E-state index contributed by atoms with van der Waals surface area (Å²) in [5, 5.41) is 3.23. The van der Waals surface area contributed by atoms with E-state index < -0.39 is 0 Å². The van der Waals surface area contributed by atoms with Crippen LogP contribution < -0.4 is 10.1 Å². The number of pyridine rings is 1. The van der Waals surface area contributed by atoms with Crippen LogP contribution in [0.4, 0.5) is 0 Å². The first kappa shape index (κ1) is 7.55. The van der Waals surface area contributed by atoms with Crippen molar-refractivity contribution in [3.05, 3.63) is 24.0 Å². The number of hydrogen-bond donors (Lipinski definition) is 1.